The zero-order valence-corrected chi connectivity index (χ0v) is 12.4. The molecule has 114 valence electrons. The Morgan fingerprint density at radius 1 is 0.870 bits per heavy atom. The molecule has 0 N–H and O–H groups in total. The van der Waals surface area contributed by atoms with Crippen molar-refractivity contribution in [3.8, 4) is 17.2 Å². The lowest BCUT2D eigenvalue weighted by Gasteiger charge is -2.13. The molecular weight excluding hydrogens is 290 g/mol. The van der Waals surface area contributed by atoms with Gasteiger partial charge in [-0.2, -0.15) is 0 Å². The number of para-hydroxylation sites is 2. The summed E-state index contributed by atoms with van der Waals surface area (Å²) in [6.07, 6.45) is 3.77. The topological polar surface area (TPSA) is 48.4 Å². The number of hydrogen-bond donors (Lipinski definition) is 0. The van der Waals surface area contributed by atoms with E-state index in [0.29, 0.717) is 29.4 Å². The van der Waals surface area contributed by atoms with Gasteiger partial charge in [0.15, 0.2) is 17.8 Å². The third-order valence-electron chi connectivity index (χ3n) is 3.24. The molecule has 0 aliphatic heterocycles. The fourth-order valence-electron chi connectivity index (χ4n) is 2.08. The first-order valence-corrected chi connectivity index (χ1v) is 7.19. The van der Waals surface area contributed by atoms with Crippen LogP contribution in [0.15, 0.2) is 73.1 Å². The summed E-state index contributed by atoms with van der Waals surface area (Å²) >= 11 is 0. The van der Waals surface area contributed by atoms with Crippen LogP contribution < -0.4 is 9.47 Å². The SMILES string of the molecule is O=Cc1cnccc1Oc1ccccc1OCc1ccccc1. The number of ether oxygens (including phenoxy) is 2. The average molecular weight is 305 g/mol. The summed E-state index contributed by atoms with van der Waals surface area (Å²) in [5.41, 5.74) is 1.46. The van der Waals surface area contributed by atoms with Crippen molar-refractivity contribution >= 4 is 6.29 Å². The van der Waals surface area contributed by atoms with Gasteiger partial charge in [-0.1, -0.05) is 42.5 Å². The van der Waals surface area contributed by atoms with Crippen LogP contribution in [0.25, 0.3) is 0 Å². The first-order chi connectivity index (χ1) is 11.4. The van der Waals surface area contributed by atoms with Gasteiger partial charge in [0.25, 0.3) is 0 Å². The fourth-order valence-corrected chi connectivity index (χ4v) is 2.08. The molecule has 3 rings (SSSR count). The zero-order valence-electron chi connectivity index (χ0n) is 12.4. The summed E-state index contributed by atoms with van der Waals surface area (Å²) in [6.45, 7) is 0.443. The first kappa shape index (κ1) is 14.8. The maximum absolute atomic E-state index is 11.1. The molecule has 0 fully saturated rings. The van der Waals surface area contributed by atoms with E-state index in [1.165, 1.54) is 6.20 Å². The van der Waals surface area contributed by atoms with Crippen molar-refractivity contribution in [1.82, 2.24) is 4.98 Å². The van der Waals surface area contributed by atoms with Gasteiger partial charge in [-0.15, -0.1) is 0 Å². The third kappa shape index (κ3) is 3.74. The highest BCUT2D eigenvalue weighted by Gasteiger charge is 2.09. The second-order valence-electron chi connectivity index (χ2n) is 4.85. The Balaban J connectivity index is 1.79. The molecule has 0 bridgehead atoms. The molecule has 0 unspecified atom stereocenters. The Morgan fingerprint density at radius 2 is 1.61 bits per heavy atom. The smallest absolute Gasteiger partial charge is 0.169 e. The van der Waals surface area contributed by atoms with Gasteiger partial charge in [0.2, 0.25) is 0 Å². The van der Waals surface area contributed by atoms with Crippen molar-refractivity contribution in [2.75, 3.05) is 0 Å². The summed E-state index contributed by atoms with van der Waals surface area (Å²) in [5.74, 6) is 1.62. The molecule has 0 aliphatic carbocycles. The summed E-state index contributed by atoms with van der Waals surface area (Å²) in [4.78, 5) is 15.0. The molecular formula is C19H15NO3. The monoisotopic (exact) mass is 305 g/mol. The summed E-state index contributed by atoms with van der Waals surface area (Å²) in [7, 11) is 0. The molecule has 0 amide bonds. The van der Waals surface area contributed by atoms with Gasteiger partial charge >= 0.3 is 0 Å². The molecule has 4 nitrogen and oxygen atoms in total. The molecule has 1 heterocycles. The van der Waals surface area contributed by atoms with Crippen LogP contribution in [-0.2, 0) is 6.61 Å². The molecule has 0 atom stereocenters. The molecule has 1 aromatic heterocycles. The average Bonchev–Trinajstić information content (AvgIpc) is 2.62. The maximum Gasteiger partial charge on any atom is 0.169 e. The number of nitrogens with zero attached hydrogens (tertiary/aromatic N) is 1. The summed E-state index contributed by atoms with van der Waals surface area (Å²) in [5, 5.41) is 0. The number of carbonyl (C=O) groups is 1. The minimum atomic E-state index is 0.394. The Morgan fingerprint density at radius 3 is 2.39 bits per heavy atom. The van der Waals surface area contributed by atoms with Gasteiger partial charge in [-0.3, -0.25) is 9.78 Å². The number of aldehydes is 1. The lowest BCUT2D eigenvalue weighted by molar-refractivity contribution is 0.112. The quantitative estimate of drug-likeness (QED) is 0.638. The van der Waals surface area contributed by atoms with Crippen molar-refractivity contribution in [1.29, 1.82) is 0 Å². The molecule has 0 aliphatic rings. The van der Waals surface area contributed by atoms with Crippen LogP contribution in [0.2, 0.25) is 0 Å². The normalized spacial score (nSPS) is 10.1. The molecule has 2 aromatic carbocycles. The van der Waals surface area contributed by atoms with E-state index >= 15 is 0 Å². The zero-order chi connectivity index (χ0) is 15.9. The molecule has 3 aromatic rings. The van der Waals surface area contributed by atoms with Crippen LogP contribution in [0.5, 0.6) is 17.2 Å². The summed E-state index contributed by atoms with van der Waals surface area (Å²) in [6, 6.07) is 18.9. The largest absolute Gasteiger partial charge is 0.485 e. The summed E-state index contributed by atoms with van der Waals surface area (Å²) < 4.78 is 11.7. The molecule has 0 radical (unpaired) electrons. The molecule has 23 heavy (non-hydrogen) atoms. The lowest BCUT2D eigenvalue weighted by Crippen LogP contribution is -1.98. The second kappa shape index (κ2) is 7.22. The van der Waals surface area contributed by atoms with Gasteiger partial charge in [0.05, 0.1) is 5.56 Å². The standard InChI is InChI=1S/C19H15NO3/c21-13-16-12-20-11-10-17(16)23-19-9-5-4-8-18(19)22-14-15-6-2-1-3-7-15/h1-13H,14H2. The van der Waals surface area contributed by atoms with Crippen LogP contribution in [0.1, 0.15) is 15.9 Å². The van der Waals surface area contributed by atoms with E-state index in [4.69, 9.17) is 9.47 Å². The highest BCUT2D eigenvalue weighted by Crippen LogP contribution is 2.32. The van der Waals surface area contributed by atoms with Gasteiger partial charge < -0.3 is 9.47 Å². The third-order valence-corrected chi connectivity index (χ3v) is 3.24. The predicted octanol–water partition coefficient (Wildman–Crippen LogP) is 4.27. The minimum absolute atomic E-state index is 0.394. The van der Waals surface area contributed by atoms with E-state index in [9.17, 15) is 4.79 Å². The van der Waals surface area contributed by atoms with Gasteiger partial charge in [0.1, 0.15) is 12.4 Å². The molecule has 0 saturated carbocycles. The highest BCUT2D eigenvalue weighted by atomic mass is 16.5. The van der Waals surface area contributed by atoms with Crippen LogP contribution in [0, 0.1) is 0 Å². The first-order valence-electron chi connectivity index (χ1n) is 7.19. The fraction of sp³-hybridized carbons (Fsp3) is 0.0526. The van der Waals surface area contributed by atoms with E-state index in [1.54, 1.807) is 18.3 Å². The lowest BCUT2D eigenvalue weighted by atomic mass is 10.2. The molecule has 4 heteroatoms. The van der Waals surface area contributed by atoms with Gasteiger partial charge in [-0.25, -0.2) is 0 Å². The maximum atomic E-state index is 11.1. The van der Waals surface area contributed by atoms with Gasteiger partial charge in [0, 0.05) is 12.4 Å². The van der Waals surface area contributed by atoms with Crippen molar-refractivity contribution in [3.63, 3.8) is 0 Å². The number of aromatic nitrogens is 1. The number of rotatable bonds is 6. The number of benzene rings is 2. The van der Waals surface area contributed by atoms with Crippen molar-refractivity contribution in [2.45, 2.75) is 6.61 Å². The second-order valence-corrected chi connectivity index (χ2v) is 4.85. The Kier molecular flexibility index (Phi) is 4.64. The Hall–Kier alpha value is -3.14. The molecule has 0 saturated heterocycles. The Labute approximate surface area is 134 Å². The molecule has 0 spiro atoms. The van der Waals surface area contributed by atoms with Crippen LogP contribution in [-0.4, -0.2) is 11.3 Å². The van der Waals surface area contributed by atoms with E-state index in [-0.39, 0.29) is 0 Å². The van der Waals surface area contributed by atoms with E-state index in [1.807, 2.05) is 48.5 Å². The van der Waals surface area contributed by atoms with E-state index in [2.05, 4.69) is 4.98 Å². The van der Waals surface area contributed by atoms with Crippen molar-refractivity contribution < 1.29 is 14.3 Å². The Bertz CT molecular complexity index is 787. The van der Waals surface area contributed by atoms with Crippen LogP contribution in [0.4, 0.5) is 0 Å². The van der Waals surface area contributed by atoms with Crippen LogP contribution in [0.3, 0.4) is 0 Å². The number of carbonyl (C=O) groups excluding carboxylic acids is 1. The van der Waals surface area contributed by atoms with Gasteiger partial charge in [-0.05, 0) is 23.8 Å². The highest BCUT2D eigenvalue weighted by molar-refractivity contribution is 5.78. The predicted molar refractivity (Wildman–Crippen MR) is 86.9 cm³/mol. The number of hydrogen-bond acceptors (Lipinski definition) is 4. The van der Waals surface area contributed by atoms with Crippen molar-refractivity contribution in [2.24, 2.45) is 0 Å². The number of pyridine rings is 1. The van der Waals surface area contributed by atoms with E-state index in [0.717, 1.165) is 11.8 Å². The van der Waals surface area contributed by atoms with E-state index < -0.39 is 0 Å². The minimum Gasteiger partial charge on any atom is -0.485 e. The van der Waals surface area contributed by atoms with Crippen LogP contribution >= 0.6 is 0 Å². The van der Waals surface area contributed by atoms with Crippen molar-refractivity contribution in [3.05, 3.63) is 84.2 Å².